The van der Waals surface area contributed by atoms with E-state index in [1.165, 1.54) is 55.1 Å². The van der Waals surface area contributed by atoms with Gasteiger partial charge in [-0.3, -0.25) is 19.2 Å². The van der Waals surface area contributed by atoms with Crippen molar-refractivity contribution in [3.8, 4) is 11.5 Å². The van der Waals surface area contributed by atoms with Crippen molar-refractivity contribution < 1.29 is 56.7 Å². The van der Waals surface area contributed by atoms with Gasteiger partial charge >= 0.3 is 11.9 Å². The van der Waals surface area contributed by atoms with E-state index in [0.717, 1.165) is 32.1 Å². The van der Waals surface area contributed by atoms with E-state index in [0.29, 0.717) is 120 Å². The zero-order valence-corrected chi connectivity index (χ0v) is 49.9. The molecular formula is C60H74Cl2F2N10O10. The van der Waals surface area contributed by atoms with Crippen LogP contribution >= 0.6 is 23.2 Å². The first-order valence-corrected chi connectivity index (χ1v) is 28.0. The number of nitrogens with one attached hydrogen (secondary N) is 4. The van der Waals surface area contributed by atoms with E-state index in [4.69, 9.17) is 52.0 Å². The summed E-state index contributed by atoms with van der Waals surface area (Å²) in [7, 11) is 7.62. The maximum atomic E-state index is 13.7. The molecule has 2 aromatic heterocycles. The highest BCUT2D eigenvalue weighted by Crippen LogP contribution is 2.36. The number of carboxylic acid groups (broad SMARTS) is 1. The SMILES string of the molecule is CN(C)C/C=C/C(=O)Nc1cc2c(Nc3ccc(F)c(Cl)c3)ncnc2cc1OCCOCCCCCC(=O)O.CN(C)C/C=C/C(=O)Nc1cc2c(Nc3ccc(F)c(Cl)c3)ncnc2cc1OCCOCCCCCC(=O)OC(C)(C)C. The van der Waals surface area contributed by atoms with Gasteiger partial charge in [0.15, 0.2) is 0 Å². The summed E-state index contributed by atoms with van der Waals surface area (Å²) in [6.07, 6.45) is 14.3. The van der Waals surface area contributed by atoms with Gasteiger partial charge in [-0.15, -0.1) is 0 Å². The highest BCUT2D eigenvalue weighted by molar-refractivity contribution is 6.31. The second kappa shape index (κ2) is 34.9. The first-order valence-electron chi connectivity index (χ1n) is 27.2. The van der Waals surface area contributed by atoms with Crippen LogP contribution in [0.4, 0.5) is 43.2 Å². The van der Waals surface area contributed by atoms with Crippen LogP contribution in [0.3, 0.4) is 0 Å². The number of ether oxygens (including phenoxy) is 5. The molecule has 0 spiro atoms. The van der Waals surface area contributed by atoms with Crippen molar-refractivity contribution in [2.75, 3.05) is 102 Å². The number of carboxylic acids is 1. The number of carbonyl (C=O) groups is 4. The average Bonchev–Trinajstić information content (AvgIpc) is 3.63. The topological polar surface area (TPSA) is 241 Å². The Labute approximate surface area is 498 Å². The summed E-state index contributed by atoms with van der Waals surface area (Å²) in [5.41, 5.74) is 2.56. The molecule has 0 fully saturated rings. The second-order valence-electron chi connectivity index (χ2n) is 20.5. The standard InChI is InChI=1S/C32H41ClFN5O5.C28H33ClFN5O5/c1-32(2,3)44-30(41)11-7-6-8-15-42-16-17-43-28-20-26-23(19-27(28)38-29(40)10-9-14-39(4)5)31(36-21-35-26)37-22-12-13-25(34)24(33)18-22;1-35(2)11-6-7-26(36)34-24-16-20-23(17-25(24)40-14-13-39-12-5-3-4-8-27(37)38)31-18-32-28(20)33-19-9-10-22(30)21(29)15-19/h9-10,12-13,18-21H,6-8,11,14-17H2,1-5H3,(H,38,40)(H,35,36,37);6-7,9-10,15-18H,3-5,8,11-14H2,1-2H3,(H,34,36)(H,37,38)(H,31,32,33)/b10-9+;7-6+. The number of likely N-dealkylation sites (N-methyl/N-ethyl adjacent to an activating group) is 2. The van der Waals surface area contributed by atoms with Gasteiger partial charge in [0, 0.05) is 85.6 Å². The molecule has 0 radical (unpaired) electrons. The van der Waals surface area contributed by atoms with Crippen molar-refractivity contribution >= 4 is 103 Å². The van der Waals surface area contributed by atoms with E-state index < -0.39 is 23.2 Å². The number of rotatable bonds is 32. The molecule has 0 saturated heterocycles. The van der Waals surface area contributed by atoms with Crippen molar-refractivity contribution in [3.63, 3.8) is 0 Å². The lowest BCUT2D eigenvalue weighted by Gasteiger charge is -2.19. The highest BCUT2D eigenvalue weighted by Gasteiger charge is 2.18. The summed E-state index contributed by atoms with van der Waals surface area (Å²) in [5, 5.41) is 21.8. The predicted molar refractivity (Wildman–Crippen MR) is 324 cm³/mol. The van der Waals surface area contributed by atoms with Crippen LogP contribution in [-0.4, -0.2) is 145 Å². The molecular weight excluding hydrogens is 1130 g/mol. The Morgan fingerprint density at radius 3 is 1.43 bits per heavy atom. The Kier molecular flexibility index (Phi) is 27.9. The van der Waals surface area contributed by atoms with Crippen molar-refractivity contribution in [2.24, 2.45) is 0 Å². The van der Waals surface area contributed by atoms with Crippen molar-refractivity contribution in [1.82, 2.24) is 29.7 Å². The number of hydrogen-bond acceptors (Lipinski definition) is 17. The number of carbonyl (C=O) groups excluding carboxylic acids is 3. The molecule has 6 rings (SSSR count). The summed E-state index contributed by atoms with van der Waals surface area (Å²) in [6.45, 7) is 8.92. The van der Waals surface area contributed by atoms with Gasteiger partial charge in [0.25, 0.3) is 0 Å². The minimum absolute atomic E-state index is 0.0236. The lowest BCUT2D eigenvalue weighted by molar-refractivity contribution is -0.155. The van der Waals surface area contributed by atoms with E-state index in [-0.39, 0.29) is 47.5 Å². The van der Waals surface area contributed by atoms with Gasteiger partial charge in [0.2, 0.25) is 11.8 Å². The summed E-state index contributed by atoms with van der Waals surface area (Å²) in [4.78, 5) is 69.0. The zero-order chi connectivity index (χ0) is 61.0. The number of hydrogen-bond donors (Lipinski definition) is 5. The van der Waals surface area contributed by atoms with Gasteiger partial charge < -0.3 is 59.9 Å². The molecule has 24 heteroatoms. The third kappa shape index (κ3) is 24.7. The van der Waals surface area contributed by atoms with Crippen molar-refractivity contribution in [3.05, 3.63) is 119 Å². The molecule has 2 heterocycles. The number of anilines is 6. The molecule has 0 aliphatic rings. The summed E-state index contributed by atoms with van der Waals surface area (Å²) in [6, 6.07) is 15.4. The zero-order valence-electron chi connectivity index (χ0n) is 48.4. The molecule has 0 unspecified atom stereocenters. The fraction of sp³-hybridized carbons (Fsp3) is 0.400. The molecule has 0 atom stereocenters. The number of aliphatic carboxylic acids is 1. The minimum Gasteiger partial charge on any atom is -0.489 e. The molecule has 5 N–H and O–H groups in total. The van der Waals surface area contributed by atoms with Gasteiger partial charge in [0.05, 0.1) is 45.7 Å². The van der Waals surface area contributed by atoms with Crippen LogP contribution in [0.2, 0.25) is 10.0 Å². The Bertz CT molecular complexity index is 3200. The van der Waals surface area contributed by atoms with Crippen LogP contribution in [-0.2, 0) is 33.4 Å². The van der Waals surface area contributed by atoms with Gasteiger partial charge in [-0.1, -0.05) is 48.2 Å². The molecule has 2 amide bonds. The average molecular weight is 1200 g/mol. The number of aromatic nitrogens is 4. The molecule has 0 aliphatic carbocycles. The van der Waals surface area contributed by atoms with E-state index in [1.807, 2.05) is 58.8 Å². The van der Waals surface area contributed by atoms with Crippen LogP contribution in [0, 0.1) is 11.6 Å². The maximum Gasteiger partial charge on any atom is 0.306 e. The molecule has 4 aromatic carbocycles. The van der Waals surface area contributed by atoms with Crippen LogP contribution in [0.25, 0.3) is 21.8 Å². The third-order valence-corrected chi connectivity index (χ3v) is 12.2. The smallest absolute Gasteiger partial charge is 0.306 e. The molecule has 20 nitrogen and oxygen atoms in total. The molecule has 452 valence electrons. The highest BCUT2D eigenvalue weighted by atomic mass is 35.5. The van der Waals surface area contributed by atoms with Gasteiger partial charge in [0.1, 0.15) is 66.2 Å². The summed E-state index contributed by atoms with van der Waals surface area (Å²) >= 11 is 11.9. The van der Waals surface area contributed by atoms with E-state index in [1.54, 1.807) is 42.5 Å². The maximum absolute atomic E-state index is 13.7. The van der Waals surface area contributed by atoms with Crippen LogP contribution < -0.4 is 30.7 Å². The Morgan fingerprint density at radius 2 is 1.02 bits per heavy atom. The van der Waals surface area contributed by atoms with Crippen LogP contribution in [0.5, 0.6) is 11.5 Å². The second-order valence-corrected chi connectivity index (χ2v) is 21.3. The fourth-order valence-corrected chi connectivity index (χ4v) is 8.00. The van der Waals surface area contributed by atoms with E-state index >= 15 is 0 Å². The molecule has 0 saturated carbocycles. The van der Waals surface area contributed by atoms with Crippen LogP contribution in [0.1, 0.15) is 72.1 Å². The summed E-state index contributed by atoms with van der Waals surface area (Å²) < 4.78 is 55.9. The van der Waals surface area contributed by atoms with E-state index in [2.05, 4.69) is 41.2 Å². The van der Waals surface area contributed by atoms with Gasteiger partial charge in [-0.2, -0.15) is 0 Å². The number of esters is 1. The Hall–Kier alpha value is -7.60. The normalized spacial score (nSPS) is 11.5. The lowest BCUT2D eigenvalue weighted by Crippen LogP contribution is -2.23. The largest absolute Gasteiger partial charge is 0.489 e. The van der Waals surface area contributed by atoms with Gasteiger partial charge in [-0.05, 0) is 123 Å². The van der Waals surface area contributed by atoms with Gasteiger partial charge in [-0.25, -0.2) is 28.7 Å². The third-order valence-electron chi connectivity index (χ3n) is 11.6. The number of unbranched alkanes of at least 4 members (excludes halogenated alkanes) is 4. The minimum atomic E-state index is -0.797. The lowest BCUT2D eigenvalue weighted by atomic mass is 10.1. The monoisotopic (exact) mass is 1200 g/mol. The molecule has 0 bridgehead atoms. The molecule has 6 aromatic rings. The van der Waals surface area contributed by atoms with Crippen molar-refractivity contribution in [2.45, 2.75) is 77.7 Å². The van der Waals surface area contributed by atoms with Crippen molar-refractivity contribution in [1.29, 1.82) is 0 Å². The summed E-state index contributed by atoms with van der Waals surface area (Å²) in [5.74, 6) is -1.00. The number of benzene rings is 4. The Balaban J connectivity index is 0.000000309. The quantitative estimate of drug-likeness (QED) is 0.0150. The fourth-order valence-electron chi connectivity index (χ4n) is 7.64. The first kappa shape index (κ1) is 67.2. The Morgan fingerprint density at radius 1 is 0.583 bits per heavy atom. The number of nitrogens with zero attached hydrogens (tertiary/aromatic N) is 6. The van der Waals surface area contributed by atoms with Crippen LogP contribution in [0.15, 0.2) is 97.6 Å². The molecule has 0 aliphatic heterocycles. The molecule has 84 heavy (non-hydrogen) atoms. The predicted octanol–water partition coefficient (Wildman–Crippen LogP) is 11.8. The number of halogens is 4. The number of fused-ring (bicyclic) bond motifs is 2. The number of amides is 2. The first-order chi connectivity index (χ1) is 40.1. The van der Waals surface area contributed by atoms with E-state index in [9.17, 15) is 28.0 Å².